The van der Waals surface area contributed by atoms with Crippen molar-refractivity contribution in [3.8, 4) is 11.1 Å². The topological polar surface area (TPSA) is 75.1 Å². The Hall–Kier alpha value is -2.32. The number of fused-ring (bicyclic) bond motifs is 1. The smallest absolute Gasteiger partial charge is 0.225 e. The molecule has 35 heavy (non-hydrogen) atoms. The molecule has 2 aromatic rings. The van der Waals surface area contributed by atoms with E-state index in [0.717, 1.165) is 56.4 Å². The van der Waals surface area contributed by atoms with E-state index >= 15 is 0 Å². The molecule has 4 heterocycles. The summed E-state index contributed by atoms with van der Waals surface area (Å²) in [5.74, 6) is 0.222. The first-order valence-corrected chi connectivity index (χ1v) is 13.1. The number of amides is 1. The lowest BCUT2D eigenvalue weighted by molar-refractivity contribution is -0.161. The van der Waals surface area contributed by atoms with E-state index in [1.165, 1.54) is 12.0 Å². The Morgan fingerprint density at radius 1 is 1.03 bits per heavy atom. The van der Waals surface area contributed by atoms with Crippen molar-refractivity contribution in [2.24, 2.45) is 0 Å². The molecule has 7 nitrogen and oxygen atoms in total. The van der Waals surface area contributed by atoms with Crippen molar-refractivity contribution in [1.82, 2.24) is 14.8 Å². The highest BCUT2D eigenvalue weighted by Crippen LogP contribution is 2.30. The third-order valence-electron chi connectivity index (χ3n) is 7.52. The van der Waals surface area contributed by atoms with Crippen LogP contribution >= 0.6 is 0 Å². The second-order valence-corrected chi connectivity index (χ2v) is 10.1. The highest BCUT2D eigenvalue weighted by atomic mass is 16.5. The second kappa shape index (κ2) is 11.6. The molecular weight excluding hydrogens is 442 g/mol. The Morgan fingerprint density at radius 2 is 1.86 bits per heavy atom. The Balaban J connectivity index is 1.26. The van der Waals surface area contributed by atoms with Crippen LogP contribution in [0.2, 0.25) is 0 Å². The van der Waals surface area contributed by atoms with Crippen molar-refractivity contribution in [3.63, 3.8) is 0 Å². The lowest BCUT2D eigenvalue weighted by Gasteiger charge is -2.44. The van der Waals surface area contributed by atoms with Crippen molar-refractivity contribution in [2.75, 3.05) is 32.8 Å². The van der Waals surface area contributed by atoms with Gasteiger partial charge in [-0.2, -0.15) is 0 Å². The van der Waals surface area contributed by atoms with E-state index in [1.807, 2.05) is 29.4 Å². The zero-order valence-electron chi connectivity index (χ0n) is 20.4. The molecule has 0 bridgehead atoms. The van der Waals surface area contributed by atoms with Gasteiger partial charge in [0.15, 0.2) is 0 Å². The van der Waals surface area contributed by atoms with E-state index in [1.54, 1.807) is 0 Å². The molecule has 1 amide bonds. The van der Waals surface area contributed by atoms with Crippen LogP contribution in [-0.4, -0.2) is 83.0 Å². The van der Waals surface area contributed by atoms with E-state index in [2.05, 4.69) is 34.1 Å². The van der Waals surface area contributed by atoms with Crippen LogP contribution in [-0.2, 0) is 20.8 Å². The Morgan fingerprint density at radius 3 is 2.69 bits per heavy atom. The molecule has 1 aromatic carbocycles. The third-order valence-corrected chi connectivity index (χ3v) is 7.52. The number of carbonyl (C=O) groups is 1. The van der Waals surface area contributed by atoms with Gasteiger partial charge in [-0.15, -0.1) is 0 Å². The molecule has 5 rings (SSSR count). The molecule has 0 spiro atoms. The average molecular weight is 480 g/mol. The quantitative estimate of drug-likeness (QED) is 0.710. The minimum atomic E-state index is -0.530. The highest BCUT2D eigenvalue weighted by Gasteiger charge is 2.38. The molecule has 0 saturated carbocycles. The number of aliphatic hydroxyl groups is 1. The predicted octanol–water partition coefficient (Wildman–Crippen LogP) is 3.26. The van der Waals surface area contributed by atoms with Crippen LogP contribution in [0, 0.1) is 0 Å². The summed E-state index contributed by atoms with van der Waals surface area (Å²) in [6.45, 7) is 3.79. The average Bonchev–Trinajstić information content (AvgIpc) is 2.89. The molecule has 1 aromatic heterocycles. The monoisotopic (exact) mass is 479 g/mol. The zero-order valence-corrected chi connectivity index (χ0v) is 20.4. The van der Waals surface area contributed by atoms with Gasteiger partial charge in [0.2, 0.25) is 5.91 Å². The van der Waals surface area contributed by atoms with Gasteiger partial charge in [0.25, 0.3) is 0 Å². The van der Waals surface area contributed by atoms with Crippen molar-refractivity contribution in [3.05, 3.63) is 54.4 Å². The van der Waals surface area contributed by atoms with Crippen molar-refractivity contribution in [1.29, 1.82) is 0 Å². The van der Waals surface area contributed by atoms with Gasteiger partial charge in [-0.1, -0.05) is 18.2 Å². The van der Waals surface area contributed by atoms with Gasteiger partial charge in [-0.05, 0) is 67.0 Å². The molecule has 3 aliphatic rings. The number of rotatable bonds is 5. The molecule has 3 aliphatic heterocycles. The summed E-state index contributed by atoms with van der Waals surface area (Å²) in [6.07, 6.45) is 8.61. The summed E-state index contributed by atoms with van der Waals surface area (Å²) in [5.41, 5.74) is 3.51. The Kier molecular flexibility index (Phi) is 8.09. The molecular formula is C28H37N3O4. The second-order valence-electron chi connectivity index (χ2n) is 10.1. The summed E-state index contributed by atoms with van der Waals surface area (Å²) in [4.78, 5) is 21.3. The number of piperidine rings is 1. The van der Waals surface area contributed by atoms with E-state index < -0.39 is 6.10 Å². The molecule has 0 radical (unpaired) electrons. The van der Waals surface area contributed by atoms with Crippen molar-refractivity contribution < 1.29 is 19.4 Å². The summed E-state index contributed by atoms with van der Waals surface area (Å²) < 4.78 is 12.3. The standard InChI is InChI=1S/C28H37N3O4/c32-24-18-31(17-21-5-4-6-23(15-21)22-9-11-29-12-10-22)26-8-7-25(35-27(26)20-34-19-24)16-28(33)30-13-2-1-3-14-30/h4-6,9-12,15,24-27,32H,1-3,7-8,13-14,16-20H2/t24-,25-,26+,27-/m1/s1. The maximum Gasteiger partial charge on any atom is 0.225 e. The molecule has 3 saturated heterocycles. The maximum absolute atomic E-state index is 12.8. The Labute approximate surface area is 208 Å². The number of β-amino-alcohol motifs (C(OH)–C–C–N with tert-alkyl or cyclic N) is 1. The molecule has 188 valence electrons. The first kappa shape index (κ1) is 24.4. The molecule has 0 unspecified atom stereocenters. The van der Waals surface area contributed by atoms with Crippen LogP contribution in [0.4, 0.5) is 0 Å². The van der Waals surface area contributed by atoms with E-state index in [9.17, 15) is 9.90 Å². The normalized spacial score (nSPS) is 28.1. The van der Waals surface area contributed by atoms with Crippen molar-refractivity contribution >= 4 is 5.91 Å². The fraction of sp³-hybridized carbons (Fsp3) is 0.571. The van der Waals surface area contributed by atoms with E-state index in [0.29, 0.717) is 26.2 Å². The summed E-state index contributed by atoms with van der Waals surface area (Å²) in [7, 11) is 0. The molecule has 4 atom stereocenters. The molecule has 3 fully saturated rings. The summed E-state index contributed by atoms with van der Waals surface area (Å²) >= 11 is 0. The highest BCUT2D eigenvalue weighted by molar-refractivity contribution is 5.76. The van der Waals surface area contributed by atoms with Gasteiger partial charge in [-0.25, -0.2) is 0 Å². The number of hydrogen-bond donors (Lipinski definition) is 1. The number of nitrogens with zero attached hydrogens (tertiary/aromatic N) is 3. The van der Waals surface area contributed by atoms with Gasteiger partial charge in [-0.3, -0.25) is 14.7 Å². The van der Waals surface area contributed by atoms with E-state index in [-0.39, 0.29) is 24.2 Å². The molecule has 7 heteroatoms. The summed E-state index contributed by atoms with van der Waals surface area (Å²) in [6, 6.07) is 12.8. The van der Waals surface area contributed by atoms with Gasteiger partial charge >= 0.3 is 0 Å². The van der Waals surface area contributed by atoms with Crippen LogP contribution in [0.3, 0.4) is 0 Å². The minimum absolute atomic E-state index is 0.0597. The molecule has 1 N–H and O–H groups in total. The number of aliphatic hydroxyl groups excluding tert-OH is 1. The van der Waals surface area contributed by atoms with Crippen LogP contribution in [0.15, 0.2) is 48.8 Å². The van der Waals surface area contributed by atoms with Crippen LogP contribution < -0.4 is 0 Å². The SMILES string of the molecule is O=C(C[C@H]1CC[C@H]2[C@@H](COC[C@H](O)CN2Cc2cccc(-c3ccncc3)c2)O1)N1CCCCC1. The van der Waals surface area contributed by atoms with Crippen LogP contribution in [0.25, 0.3) is 11.1 Å². The maximum atomic E-state index is 12.8. The first-order valence-electron chi connectivity index (χ1n) is 13.1. The van der Waals surface area contributed by atoms with Crippen molar-refractivity contribution in [2.45, 2.75) is 69.4 Å². The predicted molar refractivity (Wildman–Crippen MR) is 134 cm³/mol. The minimum Gasteiger partial charge on any atom is -0.389 e. The largest absolute Gasteiger partial charge is 0.389 e. The van der Waals surface area contributed by atoms with Crippen LogP contribution in [0.5, 0.6) is 0 Å². The van der Waals surface area contributed by atoms with Gasteiger partial charge in [0.05, 0.1) is 37.9 Å². The lowest BCUT2D eigenvalue weighted by atomic mass is 9.93. The van der Waals surface area contributed by atoms with E-state index in [4.69, 9.17) is 9.47 Å². The number of benzene rings is 1. The van der Waals surface area contributed by atoms with Gasteiger partial charge in [0, 0.05) is 44.6 Å². The number of carbonyl (C=O) groups excluding carboxylic acids is 1. The van der Waals surface area contributed by atoms with Gasteiger partial charge < -0.3 is 19.5 Å². The number of pyridine rings is 1. The van der Waals surface area contributed by atoms with Gasteiger partial charge in [0.1, 0.15) is 0 Å². The molecule has 0 aliphatic carbocycles. The fourth-order valence-corrected chi connectivity index (χ4v) is 5.72. The third kappa shape index (κ3) is 6.28. The first-order chi connectivity index (χ1) is 17.2. The fourth-order valence-electron chi connectivity index (χ4n) is 5.72. The van der Waals surface area contributed by atoms with Crippen LogP contribution in [0.1, 0.15) is 44.1 Å². The zero-order chi connectivity index (χ0) is 24.0. The summed E-state index contributed by atoms with van der Waals surface area (Å²) in [5, 5.41) is 10.5. The lowest BCUT2D eigenvalue weighted by Crippen LogP contribution is -2.55. The number of aromatic nitrogens is 1. The number of ether oxygens (including phenoxy) is 2. The number of hydrogen-bond acceptors (Lipinski definition) is 6. The Bertz CT molecular complexity index is 966. The number of likely N-dealkylation sites (tertiary alicyclic amines) is 1.